The molecule has 0 fully saturated rings. The van der Waals surface area contributed by atoms with Gasteiger partial charge in [0.25, 0.3) is 0 Å². The van der Waals surface area contributed by atoms with Crippen molar-refractivity contribution in [3.8, 4) is 11.1 Å². The molecule has 0 spiro atoms. The molecule has 3 nitrogen and oxygen atoms in total. The van der Waals surface area contributed by atoms with Gasteiger partial charge in [-0.25, -0.2) is 0 Å². The minimum absolute atomic E-state index is 0.00255. The fourth-order valence-corrected chi connectivity index (χ4v) is 2.54. The van der Waals surface area contributed by atoms with E-state index in [0.29, 0.717) is 11.3 Å². The predicted molar refractivity (Wildman–Crippen MR) is 82.8 cm³/mol. The number of pyridine rings is 1. The SMILES string of the molecule is CC(=O)c1ccn2c(C(C)=O)cc(-c3ccccc3)c2c1. The van der Waals surface area contributed by atoms with Crippen LogP contribution in [0.2, 0.25) is 0 Å². The molecule has 0 amide bonds. The Bertz CT molecular complexity index is 844. The molecule has 0 N–H and O–H groups in total. The largest absolute Gasteiger partial charge is 0.313 e. The van der Waals surface area contributed by atoms with Gasteiger partial charge in [0.1, 0.15) is 0 Å². The highest BCUT2D eigenvalue weighted by Crippen LogP contribution is 2.29. The van der Waals surface area contributed by atoms with E-state index in [-0.39, 0.29) is 11.6 Å². The van der Waals surface area contributed by atoms with Crippen LogP contribution in [0.4, 0.5) is 0 Å². The van der Waals surface area contributed by atoms with E-state index in [1.54, 1.807) is 26.1 Å². The first kappa shape index (κ1) is 13.3. The van der Waals surface area contributed by atoms with Crippen molar-refractivity contribution < 1.29 is 9.59 Å². The van der Waals surface area contributed by atoms with Crippen LogP contribution in [0, 0.1) is 0 Å². The summed E-state index contributed by atoms with van der Waals surface area (Å²) in [6, 6.07) is 15.3. The van der Waals surface area contributed by atoms with Crippen LogP contribution in [-0.2, 0) is 0 Å². The second-order valence-electron chi connectivity index (χ2n) is 5.09. The predicted octanol–water partition coefficient (Wildman–Crippen LogP) is 4.01. The van der Waals surface area contributed by atoms with E-state index < -0.39 is 0 Å². The minimum atomic E-state index is 0.00255. The van der Waals surface area contributed by atoms with E-state index in [9.17, 15) is 9.59 Å². The van der Waals surface area contributed by atoms with Gasteiger partial charge in [-0.2, -0.15) is 0 Å². The second kappa shape index (κ2) is 5.02. The second-order valence-corrected chi connectivity index (χ2v) is 5.09. The first-order valence-corrected chi connectivity index (χ1v) is 6.80. The summed E-state index contributed by atoms with van der Waals surface area (Å²) in [6.07, 6.45) is 1.79. The normalized spacial score (nSPS) is 10.8. The van der Waals surface area contributed by atoms with Crippen molar-refractivity contribution in [1.82, 2.24) is 4.40 Å². The molecule has 3 aromatic rings. The van der Waals surface area contributed by atoms with Gasteiger partial charge in [-0.05, 0) is 30.7 Å². The van der Waals surface area contributed by atoms with Gasteiger partial charge in [0, 0.05) is 24.2 Å². The van der Waals surface area contributed by atoms with Gasteiger partial charge in [-0.3, -0.25) is 9.59 Å². The van der Waals surface area contributed by atoms with E-state index in [0.717, 1.165) is 16.6 Å². The zero-order valence-corrected chi connectivity index (χ0v) is 12.0. The molecule has 3 heteroatoms. The van der Waals surface area contributed by atoms with Crippen LogP contribution in [0.3, 0.4) is 0 Å². The smallest absolute Gasteiger partial charge is 0.176 e. The van der Waals surface area contributed by atoms with E-state index in [1.165, 1.54) is 0 Å². The summed E-state index contributed by atoms with van der Waals surface area (Å²) in [7, 11) is 0. The molecular formula is C18H15NO2. The molecule has 0 unspecified atom stereocenters. The van der Waals surface area contributed by atoms with Gasteiger partial charge in [0.15, 0.2) is 11.6 Å². The Morgan fingerprint density at radius 1 is 0.905 bits per heavy atom. The van der Waals surface area contributed by atoms with Gasteiger partial charge in [-0.15, -0.1) is 0 Å². The van der Waals surface area contributed by atoms with Crippen molar-refractivity contribution in [1.29, 1.82) is 0 Å². The molecule has 0 aliphatic heterocycles. The molecule has 21 heavy (non-hydrogen) atoms. The minimum Gasteiger partial charge on any atom is -0.313 e. The first-order valence-electron chi connectivity index (χ1n) is 6.80. The lowest BCUT2D eigenvalue weighted by atomic mass is 10.1. The van der Waals surface area contributed by atoms with Crippen molar-refractivity contribution in [2.45, 2.75) is 13.8 Å². The molecule has 2 aromatic heterocycles. The lowest BCUT2D eigenvalue weighted by Crippen LogP contribution is -2.00. The third-order valence-corrected chi connectivity index (χ3v) is 3.62. The average Bonchev–Trinajstić information content (AvgIpc) is 2.87. The van der Waals surface area contributed by atoms with Gasteiger partial charge in [0.05, 0.1) is 11.2 Å². The number of aromatic nitrogens is 1. The third kappa shape index (κ3) is 2.27. The fraction of sp³-hybridized carbons (Fsp3) is 0.111. The first-order chi connectivity index (χ1) is 10.1. The molecule has 0 aliphatic carbocycles. The summed E-state index contributed by atoms with van der Waals surface area (Å²) < 4.78 is 1.84. The quantitative estimate of drug-likeness (QED) is 0.678. The van der Waals surface area contributed by atoms with Crippen molar-refractivity contribution in [2.24, 2.45) is 0 Å². The Morgan fingerprint density at radius 2 is 1.62 bits per heavy atom. The molecule has 0 atom stereocenters. The maximum absolute atomic E-state index is 11.8. The molecule has 0 saturated carbocycles. The van der Waals surface area contributed by atoms with E-state index >= 15 is 0 Å². The van der Waals surface area contributed by atoms with Crippen LogP contribution in [0.15, 0.2) is 54.7 Å². The van der Waals surface area contributed by atoms with Crippen LogP contribution in [0.1, 0.15) is 34.7 Å². The van der Waals surface area contributed by atoms with Crippen LogP contribution in [0.5, 0.6) is 0 Å². The van der Waals surface area contributed by atoms with Gasteiger partial charge >= 0.3 is 0 Å². The summed E-state index contributed by atoms with van der Waals surface area (Å²) in [6.45, 7) is 3.10. The number of hydrogen-bond donors (Lipinski definition) is 0. The monoisotopic (exact) mass is 277 g/mol. The van der Waals surface area contributed by atoms with E-state index in [2.05, 4.69) is 0 Å². The van der Waals surface area contributed by atoms with Crippen LogP contribution >= 0.6 is 0 Å². The van der Waals surface area contributed by atoms with Crippen molar-refractivity contribution in [3.63, 3.8) is 0 Å². The molecule has 0 radical (unpaired) electrons. The number of nitrogens with zero attached hydrogens (tertiary/aromatic N) is 1. The topological polar surface area (TPSA) is 38.5 Å². The number of rotatable bonds is 3. The standard InChI is InChI=1S/C18H15NO2/c1-12(20)15-8-9-19-17(13(2)21)11-16(18(19)10-15)14-6-4-3-5-7-14/h3-11H,1-2H3. The zero-order chi connectivity index (χ0) is 15.0. The van der Waals surface area contributed by atoms with Crippen molar-refractivity contribution in [3.05, 3.63) is 66.0 Å². The Labute approximate surface area is 122 Å². The van der Waals surface area contributed by atoms with Gasteiger partial charge in [0.2, 0.25) is 0 Å². The average molecular weight is 277 g/mol. The molecule has 0 aliphatic rings. The van der Waals surface area contributed by atoms with E-state index in [1.807, 2.05) is 46.9 Å². The van der Waals surface area contributed by atoms with Crippen molar-refractivity contribution in [2.75, 3.05) is 0 Å². The number of hydrogen-bond acceptors (Lipinski definition) is 2. The Morgan fingerprint density at radius 3 is 2.24 bits per heavy atom. The summed E-state index contributed by atoms with van der Waals surface area (Å²) in [4.78, 5) is 23.4. The fourth-order valence-electron chi connectivity index (χ4n) is 2.54. The molecule has 0 saturated heterocycles. The lowest BCUT2D eigenvalue weighted by Gasteiger charge is -2.03. The zero-order valence-electron chi connectivity index (χ0n) is 12.0. The summed E-state index contributed by atoms with van der Waals surface area (Å²) in [5.74, 6) is 0.0184. The molecule has 2 heterocycles. The number of carbonyl (C=O) groups excluding carboxylic acids is 2. The summed E-state index contributed by atoms with van der Waals surface area (Å²) in [5.41, 5.74) is 4.14. The maximum atomic E-state index is 11.8. The number of Topliss-reactive ketones (excluding diaryl/α,β-unsaturated/α-hetero) is 2. The summed E-state index contributed by atoms with van der Waals surface area (Å²) >= 11 is 0. The van der Waals surface area contributed by atoms with Crippen molar-refractivity contribution >= 4 is 17.1 Å². The number of ketones is 2. The summed E-state index contributed by atoms with van der Waals surface area (Å²) in [5, 5.41) is 0. The van der Waals surface area contributed by atoms with E-state index in [4.69, 9.17) is 0 Å². The molecular weight excluding hydrogens is 262 g/mol. The van der Waals surface area contributed by atoms with Crippen LogP contribution in [-0.4, -0.2) is 16.0 Å². The number of carbonyl (C=O) groups is 2. The molecule has 1 aromatic carbocycles. The Hall–Kier alpha value is -2.68. The molecule has 0 bridgehead atoms. The maximum Gasteiger partial charge on any atom is 0.176 e. The highest BCUT2D eigenvalue weighted by molar-refractivity contribution is 6.00. The lowest BCUT2D eigenvalue weighted by molar-refractivity contribution is 0.100. The molecule has 3 rings (SSSR count). The Balaban J connectivity index is 2.35. The van der Waals surface area contributed by atoms with Gasteiger partial charge in [-0.1, -0.05) is 30.3 Å². The third-order valence-electron chi connectivity index (χ3n) is 3.62. The van der Waals surface area contributed by atoms with Crippen LogP contribution in [0.25, 0.3) is 16.6 Å². The number of benzene rings is 1. The number of fused-ring (bicyclic) bond motifs is 1. The highest BCUT2D eigenvalue weighted by Gasteiger charge is 2.14. The van der Waals surface area contributed by atoms with Gasteiger partial charge < -0.3 is 4.40 Å². The Kier molecular flexibility index (Phi) is 3.18. The highest BCUT2D eigenvalue weighted by atomic mass is 16.1. The van der Waals surface area contributed by atoms with Crippen LogP contribution < -0.4 is 0 Å². The molecule has 104 valence electrons.